The summed E-state index contributed by atoms with van der Waals surface area (Å²) in [4.78, 5) is 4.13. The molecule has 3 nitrogen and oxygen atoms in total. The van der Waals surface area contributed by atoms with Crippen LogP contribution in [0.15, 0.2) is 18.2 Å². The first kappa shape index (κ1) is 11.5. The van der Waals surface area contributed by atoms with Gasteiger partial charge in [0.1, 0.15) is 10.9 Å². The summed E-state index contributed by atoms with van der Waals surface area (Å²) >= 11 is 11.9. The lowest BCUT2D eigenvalue weighted by Crippen LogP contribution is -1.95. The molecule has 0 unspecified atom stereocenters. The van der Waals surface area contributed by atoms with Gasteiger partial charge in [-0.25, -0.2) is 4.98 Å². The maximum absolute atomic E-state index is 9.20. The Morgan fingerprint density at radius 2 is 2.12 bits per heavy atom. The van der Waals surface area contributed by atoms with Gasteiger partial charge in [-0.15, -0.1) is 0 Å². The number of ether oxygens (including phenoxy) is 1. The van der Waals surface area contributed by atoms with Crippen LogP contribution in [0.25, 0.3) is 10.9 Å². The third-order valence-electron chi connectivity index (χ3n) is 2.30. The molecule has 0 amide bonds. The standard InChI is InChI=1S/C11H9Cl2NO2/c1-16-11-6(5-15)4-8(12)10-7(11)2-3-9(13)14-10/h2-4,15H,5H2,1H3. The van der Waals surface area contributed by atoms with E-state index in [9.17, 15) is 5.11 Å². The van der Waals surface area contributed by atoms with Crippen LogP contribution in [-0.2, 0) is 6.61 Å². The normalized spacial score (nSPS) is 10.8. The Balaban J connectivity index is 2.86. The van der Waals surface area contributed by atoms with Crippen molar-refractivity contribution in [2.45, 2.75) is 6.61 Å². The third-order valence-corrected chi connectivity index (χ3v) is 2.80. The monoisotopic (exact) mass is 257 g/mol. The maximum Gasteiger partial charge on any atom is 0.133 e. The number of rotatable bonds is 2. The number of fused-ring (bicyclic) bond motifs is 1. The van der Waals surface area contributed by atoms with E-state index in [-0.39, 0.29) is 6.61 Å². The van der Waals surface area contributed by atoms with E-state index < -0.39 is 0 Å². The van der Waals surface area contributed by atoms with Crippen molar-refractivity contribution in [1.82, 2.24) is 4.98 Å². The van der Waals surface area contributed by atoms with Crippen LogP contribution < -0.4 is 4.74 Å². The number of halogens is 2. The Labute approximate surface area is 103 Å². The highest BCUT2D eigenvalue weighted by molar-refractivity contribution is 6.36. The molecule has 2 rings (SSSR count). The van der Waals surface area contributed by atoms with Gasteiger partial charge in [0.25, 0.3) is 0 Å². The SMILES string of the molecule is COc1c(CO)cc(Cl)c2nc(Cl)ccc12. The first-order chi connectivity index (χ1) is 7.67. The van der Waals surface area contributed by atoms with Crippen molar-refractivity contribution in [1.29, 1.82) is 0 Å². The molecule has 1 aromatic carbocycles. The number of nitrogens with zero attached hydrogens (tertiary/aromatic N) is 1. The van der Waals surface area contributed by atoms with E-state index in [4.69, 9.17) is 27.9 Å². The van der Waals surface area contributed by atoms with Crippen molar-refractivity contribution in [3.63, 3.8) is 0 Å². The smallest absolute Gasteiger partial charge is 0.133 e. The van der Waals surface area contributed by atoms with Gasteiger partial charge in [0.2, 0.25) is 0 Å². The predicted molar refractivity (Wildman–Crippen MR) is 64.2 cm³/mol. The number of aliphatic hydroxyl groups is 1. The highest BCUT2D eigenvalue weighted by Crippen LogP contribution is 2.34. The van der Waals surface area contributed by atoms with Gasteiger partial charge in [0.05, 0.1) is 24.3 Å². The van der Waals surface area contributed by atoms with Crippen LogP contribution in [0.1, 0.15) is 5.56 Å². The van der Waals surface area contributed by atoms with Gasteiger partial charge < -0.3 is 9.84 Å². The molecule has 0 fully saturated rings. The molecular weight excluding hydrogens is 249 g/mol. The summed E-state index contributed by atoms with van der Waals surface area (Å²) in [6.07, 6.45) is 0. The first-order valence-electron chi connectivity index (χ1n) is 4.60. The van der Waals surface area contributed by atoms with Crippen LogP contribution in [0.2, 0.25) is 10.2 Å². The van der Waals surface area contributed by atoms with Crippen LogP contribution in [0.3, 0.4) is 0 Å². The van der Waals surface area contributed by atoms with Gasteiger partial charge in [0.15, 0.2) is 0 Å². The van der Waals surface area contributed by atoms with Gasteiger partial charge >= 0.3 is 0 Å². The molecule has 2 aromatic rings. The lowest BCUT2D eigenvalue weighted by Gasteiger charge is -2.11. The minimum Gasteiger partial charge on any atom is -0.496 e. The van der Waals surface area contributed by atoms with Crippen LogP contribution >= 0.6 is 23.2 Å². The number of aliphatic hydroxyl groups excluding tert-OH is 1. The van der Waals surface area contributed by atoms with Crippen molar-refractivity contribution in [2.75, 3.05) is 7.11 Å². The molecule has 1 heterocycles. The zero-order valence-electron chi connectivity index (χ0n) is 8.50. The molecule has 0 aliphatic carbocycles. The van der Waals surface area contributed by atoms with Gasteiger partial charge in [0, 0.05) is 10.9 Å². The quantitative estimate of drug-likeness (QED) is 0.842. The largest absolute Gasteiger partial charge is 0.496 e. The molecule has 0 spiro atoms. The Morgan fingerprint density at radius 1 is 1.38 bits per heavy atom. The van der Waals surface area contributed by atoms with Crippen molar-refractivity contribution >= 4 is 34.1 Å². The average Bonchev–Trinajstić information content (AvgIpc) is 2.29. The van der Waals surface area contributed by atoms with E-state index in [0.29, 0.717) is 27.0 Å². The zero-order valence-corrected chi connectivity index (χ0v) is 10.0. The second-order valence-corrected chi connectivity index (χ2v) is 4.03. The number of aromatic nitrogens is 1. The summed E-state index contributed by atoms with van der Waals surface area (Å²) in [5.41, 5.74) is 1.20. The third kappa shape index (κ3) is 1.82. The van der Waals surface area contributed by atoms with Crippen LogP contribution in [-0.4, -0.2) is 17.2 Å². The summed E-state index contributed by atoms with van der Waals surface area (Å²) in [5.74, 6) is 0.575. The Kier molecular flexibility index (Phi) is 3.19. The fraction of sp³-hybridized carbons (Fsp3) is 0.182. The lowest BCUT2D eigenvalue weighted by atomic mass is 10.1. The van der Waals surface area contributed by atoms with Gasteiger partial charge in [-0.2, -0.15) is 0 Å². The van der Waals surface area contributed by atoms with Gasteiger partial charge in [-0.05, 0) is 18.2 Å². The van der Waals surface area contributed by atoms with Crippen LogP contribution in [0.5, 0.6) is 5.75 Å². The van der Waals surface area contributed by atoms with Crippen molar-refractivity contribution < 1.29 is 9.84 Å². The molecule has 1 N–H and O–H groups in total. The number of hydrogen-bond donors (Lipinski definition) is 1. The van der Waals surface area contributed by atoms with E-state index >= 15 is 0 Å². The summed E-state index contributed by atoms with van der Waals surface area (Å²) in [6.45, 7) is -0.137. The predicted octanol–water partition coefficient (Wildman–Crippen LogP) is 3.04. The summed E-state index contributed by atoms with van der Waals surface area (Å²) in [5, 5.41) is 10.8. The molecule has 1 aromatic heterocycles. The van der Waals surface area contributed by atoms with Gasteiger partial charge in [-0.1, -0.05) is 23.2 Å². The van der Waals surface area contributed by atoms with Crippen molar-refractivity contribution in [3.8, 4) is 5.75 Å². The number of benzene rings is 1. The molecule has 0 bridgehead atoms. The topological polar surface area (TPSA) is 42.4 Å². The highest BCUT2D eigenvalue weighted by Gasteiger charge is 2.12. The minimum absolute atomic E-state index is 0.137. The highest BCUT2D eigenvalue weighted by atomic mass is 35.5. The maximum atomic E-state index is 9.20. The van der Waals surface area contributed by atoms with E-state index in [0.717, 1.165) is 5.39 Å². The number of pyridine rings is 1. The van der Waals surface area contributed by atoms with Gasteiger partial charge in [-0.3, -0.25) is 0 Å². The van der Waals surface area contributed by atoms with Crippen molar-refractivity contribution in [2.24, 2.45) is 0 Å². The molecule has 0 aliphatic rings. The lowest BCUT2D eigenvalue weighted by molar-refractivity contribution is 0.274. The van der Waals surface area contributed by atoms with E-state index in [1.807, 2.05) is 0 Å². The van der Waals surface area contributed by atoms with E-state index in [1.165, 1.54) is 7.11 Å². The molecule has 0 aliphatic heterocycles. The molecule has 5 heteroatoms. The van der Waals surface area contributed by atoms with Crippen LogP contribution in [0.4, 0.5) is 0 Å². The zero-order chi connectivity index (χ0) is 11.7. The number of methoxy groups -OCH3 is 1. The van der Waals surface area contributed by atoms with Crippen molar-refractivity contribution in [3.05, 3.63) is 33.9 Å². The van der Waals surface area contributed by atoms with Crippen LogP contribution in [0, 0.1) is 0 Å². The molecule has 16 heavy (non-hydrogen) atoms. The summed E-state index contributed by atoms with van der Waals surface area (Å²) in [7, 11) is 1.54. The van der Waals surface area contributed by atoms with E-state index in [1.54, 1.807) is 18.2 Å². The molecule has 0 radical (unpaired) electrons. The van der Waals surface area contributed by atoms with E-state index in [2.05, 4.69) is 4.98 Å². The second kappa shape index (κ2) is 4.45. The fourth-order valence-electron chi connectivity index (χ4n) is 1.62. The summed E-state index contributed by atoms with van der Waals surface area (Å²) < 4.78 is 5.24. The molecule has 0 saturated heterocycles. The Hall–Kier alpha value is -1.03. The Morgan fingerprint density at radius 3 is 2.75 bits per heavy atom. The molecule has 0 atom stereocenters. The fourth-order valence-corrected chi connectivity index (χ4v) is 2.04. The first-order valence-corrected chi connectivity index (χ1v) is 5.35. The molecular formula is C11H9Cl2NO2. The average molecular weight is 258 g/mol. The summed E-state index contributed by atoms with van der Waals surface area (Å²) in [6, 6.07) is 5.06. The molecule has 0 saturated carbocycles. The minimum atomic E-state index is -0.137. The number of hydrogen-bond acceptors (Lipinski definition) is 3. The Bertz CT molecular complexity index is 543. The molecule has 84 valence electrons. The second-order valence-electron chi connectivity index (χ2n) is 3.24.